The summed E-state index contributed by atoms with van der Waals surface area (Å²) in [4.78, 5) is 10.1. The van der Waals surface area contributed by atoms with E-state index in [4.69, 9.17) is 5.11 Å². The molecule has 0 heterocycles. The average Bonchev–Trinajstić information content (AvgIpc) is 1.64. The topological polar surface area (TPSA) is 37.3 Å². The van der Waals surface area contributed by atoms with Crippen LogP contribution in [0, 0.1) is 5.92 Å². The van der Waals surface area contributed by atoms with Crippen LogP contribution in [0.5, 0.6) is 0 Å². The van der Waals surface area contributed by atoms with Gasteiger partial charge in [-0.25, -0.2) is 9.18 Å². The highest BCUT2D eigenvalue weighted by Gasteiger charge is 2.10. The molecule has 0 aromatic carbocycles. The second-order valence-corrected chi connectivity index (χ2v) is 2.02. The summed E-state index contributed by atoms with van der Waals surface area (Å²) in [5, 5.41) is 8.24. The molecule has 2 nitrogen and oxygen atoms in total. The summed E-state index contributed by atoms with van der Waals surface area (Å²) >= 11 is 0. The lowest BCUT2D eigenvalue weighted by Gasteiger charge is -2.00. The molecule has 0 aliphatic carbocycles. The SMILES string of the molecule is CC(C)/C(=C/F)C(=O)O. The first-order valence-corrected chi connectivity index (χ1v) is 2.63. The number of aliphatic carboxylic acids is 1. The lowest BCUT2D eigenvalue weighted by atomic mass is 10.1. The van der Waals surface area contributed by atoms with Crippen LogP contribution in [0.3, 0.4) is 0 Å². The molecular formula is C6H9FO2. The molecule has 0 aliphatic heterocycles. The molecule has 0 bridgehead atoms. The molecule has 0 atom stereocenters. The molecule has 0 spiro atoms. The minimum absolute atomic E-state index is 0.132. The number of halogens is 1. The van der Waals surface area contributed by atoms with Gasteiger partial charge >= 0.3 is 5.97 Å². The van der Waals surface area contributed by atoms with E-state index in [0.29, 0.717) is 0 Å². The summed E-state index contributed by atoms with van der Waals surface area (Å²) in [6.45, 7) is 3.25. The number of rotatable bonds is 2. The van der Waals surface area contributed by atoms with Gasteiger partial charge in [0.05, 0.1) is 11.9 Å². The Labute approximate surface area is 53.0 Å². The summed E-state index contributed by atoms with van der Waals surface area (Å²) in [7, 11) is 0. The zero-order valence-electron chi connectivity index (χ0n) is 5.39. The molecule has 0 saturated heterocycles. The number of hydrogen-bond donors (Lipinski definition) is 1. The average molecular weight is 132 g/mol. The van der Waals surface area contributed by atoms with Gasteiger partial charge in [-0.3, -0.25) is 0 Å². The van der Waals surface area contributed by atoms with Crippen LogP contribution in [0.4, 0.5) is 4.39 Å². The highest BCUT2D eigenvalue weighted by atomic mass is 19.1. The van der Waals surface area contributed by atoms with Crippen molar-refractivity contribution in [3.8, 4) is 0 Å². The van der Waals surface area contributed by atoms with Gasteiger partial charge in [0.2, 0.25) is 0 Å². The van der Waals surface area contributed by atoms with Gasteiger partial charge in [-0.2, -0.15) is 0 Å². The molecule has 52 valence electrons. The minimum atomic E-state index is -1.19. The number of carbonyl (C=O) groups is 1. The van der Waals surface area contributed by atoms with E-state index < -0.39 is 5.97 Å². The number of carboxylic acid groups (broad SMARTS) is 1. The Balaban J connectivity index is 4.19. The molecule has 0 radical (unpaired) electrons. The Hall–Kier alpha value is -0.860. The molecule has 0 amide bonds. The van der Waals surface area contributed by atoms with Crippen LogP contribution in [-0.4, -0.2) is 11.1 Å². The monoisotopic (exact) mass is 132 g/mol. The Bertz CT molecular complexity index is 138. The van der Waals surface area contributed by atoms with E-state index >= 15 is 0 Å². The van der Waals surface area contributed by atoms with Gasteiger partial charge in [0.15, 0.2) is 0 Å². The maximum atomic E-state index is 11.6. The van der Waals surface area contributed by atoms with Crippen LogP contribution in [0.2, 0.25) is 0 Å². The van der Waals surface area contributed by atoms with Crippen LogP contribution in [0.25, 0.3) is 0 Å². The van der Waals surface area contributed by atoms with Crippen molar-refractivity contribution in [2.75, 3.05) is 0 Å². The van der Waals surface area contributed by atoms with Crippen LogP contribution in [0.1, 0.15) is 13.8 Å². The molecule has 1 N–H and O–H groups in total. The molecule has 3 heteroatoms. The van der Waals surface area contributed by atoms with Crippen LogP contribution in [0.15, 0.2) is 11.9 Å². The van der Waals surface area contributed by atoms with Crippen molar-refractivity contribution in [3.63, 3.8) is 0 Å². The highest BCUT2D eigenvalue weighted by molar-refractivity contribution is 5.86. The first-order valence-electron chi connectivity index (χ1n) is 2.63. The van der Waals surface area contributed by atoms with Crippen molar-refractivity contribution in [3.05, 3.63) is 11.9 Å². The van der Waals surface area contributed by atoms with Gasteiger partial charge in [0.25, 0.3) is 0 Å². The molecular weight excluding hydrogens is 123 g/mol. The summed E-state index contributed by atoms with van der Waals surface area (Å²) < 4.78 is 11.6. The van der Waals surface area contributed by atoms with Crippen molar-refractivity contribution in [1.82, 2.24) is 0 Å². The second-order valence-electron chi connectivity index (χ2n) is 2.02. The van der Waals surface area contributed by atoms with Crippen molar-refractivity contribution in [2.45, 2.75) is 13.8 Å². The molecule has 0 fully saturated rings. The van der Waals surface area contributed by atoms with E-state index in [-0.39, 0.29) is 17.8 Å². The molecule has 0 aromatic heterocycles. The van der Waals surface area contributed by atoms with Crippen LogP contribution < -0.4 is 0 Å². The summed E-state index contributed by atoms with van der Waals surface area (Å²) in [6.07, 6.45) is 0.132. The van der Waals surface area contributed by atoms with Gasteiger partial charge in [0.1, 0.15) is 0 Å². The highest BCUT2D eigenvalue weighted by Crippen LogP contribution is 2.08. The van der Waals surface area contributed by atoms with E-state index in [1.54, 1.807) is 13.8 Å². The first-order chi connectivity index (χ1) is 4.09. The fourth-order valence-electron chi connectivity index (χ4n) is 0.420. The van der Waals surface area contributed by atoms with Crippen molar-refractivity contribution >= 4 is 5.97 Å². The maximum Gasteiger partial charge on any atom is 0.334 e. The van der Waals surface area contributed by atoms with Crippen LogP contribution >= 0.6 is 0 Å². The molecule has 0 unspecified atom stereocenters. The molecule has 0 aliphatic rings. The van der Waals surface area contributed by atoms with E-state index in [1.165, 1.54) is 0 Å². The summed E-state index contributed by atoms with van der Waals surface area (Å²) in [5.74, 6) is -1.44. The zero-order chi connectivity index (χ0) is 7.44. The van der Waals surface area contributed by atoms with Gasteiger partial charge in [-0.1, -0.05) is 13.8 Å². The lowest BCUT2D eigenvalue weighted by molar-refractivity contribution is -0.133. The first kappa shape index (κ1) is 8.14. The van der Waals surface area contributed by atoms with E-state index in [9.17, 15) is 9.18 Å². The fourth-order valence-corrected chi connectivity index (χ4v) is 0.420. The fraction of sp³-hybridized carbons (Fsp3) is 0.500. The Morgan fingerprint density at radius 3 is 2.11 bits per heavy atom. The minimum Gasteiger partial charge on any atom is -0.478 e. The molecule has 9 heavy (non-hydrogen) atoms. The quantitative estimate of drug-likeness (QED) is 0.579. The maximum absolute atomic E-state index is 11.6. The lowest BCUT2D eigenvalue weighted by Crippen LogP contribution is -2.05. The Morgan fingerprint density at radius 1 is 1.67 bits per heavy atom. The van der Waals surface area contributed by atoms with Crippen molar-refractivity contribution in [2.24, 2.45) is 5.92 Å². The Kier molecular flexibility index (Phi) is 2.91. The normalized spacial score (nSPS) is 12.2. The van der Waals surface area contributed by atoms with Crippen molar-refractivity contribution in [1.29, 1.82) is 0 Å². The van der Waals surface area contributed by atoms with Gasteiger partial charge in [-0.15, -0.1) is 0 Å². The predicted molar refractivity (Wildman–Crippen MR) is 31.7 cm³/mol. The third-order valence-electron chi connectivity index (χ3n) is 0.987. The van der Waals surface area contributed by atoms with E-state index in [1.807, 2.05) is 0 Å². The summed E-state index contributed by atoms with van der Waals surface area (Å²) in [6, 6.07) is 0. The van der Waals surface area contributed by atoms with Gasteiger partial charge < -0.3 is 5.11 Å². The largest absolute Gasteiger partial charge is 0.478 e. The summed E-state index contributed by atoms with van der Waals surface area (Å²) in [5.41, 5.74) is -0.185. The van der Waals surface area contributed by atoms with Gasteiger partial charge in [0, 0.05) is 0 Å². The van der Waals surface area contributed by atoms with Crippen molar-refractivity contribution < 1.29 is 14.3 Å². The van der Waals surface area contributed by atoms with Crippen LogP contribution in [-0.2, 0) is 4.79 Å². The molecule has 0 rings (SSSR count). The third-order valence-corrected chi connectivity index (χ3v) is 0.987. The Morgan fingerprint density at radius 2 is 2.11 bits per heavy atom. The zero-order valence-corrected chi connectivity index (χ0v) is 5.39. The smallest absolute Gasteiger partial charge is 0.334 e. The number of hydrogen-bond acceptors (Lipinski definition) is 1. The predicted octanol–water partition coefficient (Wildman–Crippen LogP) is 1.58. The van der Waals surface area contributed by atoms with E-state index in [2.05, 4.69) is 0 Å². The second kappa shape index (κ2) is 3.22. The number of carboxylic acids is 1. The van der Waals surface area contributed by atoms with Gasteiger partial charge in [-0.05, 0) is 5.92 Å². The molecule has 0 aromatic rings. The molecule has 0 saturated carbocycles. The third kappa shape index (κ3) is 2.26. The van der Waals surface area contributed by atoms with E-state index in [0.717, 1.165) is 0 Å². The standard InChI is InChI=1S/C6H9FO2/c1-4(2)5(3-7)6(8)9/h3-4H,1-2H3,(H,8,9)/b5-3-.